The number of thiophene rings is 1. The molecular formula is C21H28N2O3S. The zero-order valence-corrected chi connectivity index (χ0v) is 17.2. The molecule has 1 aromatic heterocycles. The van der Waals surface area contributed by atoms with E-state index in [-0.39, 0.29) is 19.1 Å². The van der Waals surface area contributed by atoms with Crippen LogP contribution in [0.4, 0.5) is 5.00 Å². The minimum Gasteiger partial charge on any atom is -0.462 e. The Morgan fingerprint density at radius 2 is 1.89 bits per heavy atom. The van der Waals surface area contributed by atoms with Gasteiger partial charge in [0.25, 0.3) is 0 Å². The molecule has 0 unspecified atom stereocenters. The molecule has 0 bridgehead atoms. The van der Waals surface area contributed by atoms with Crippen LogP contribution in [0, 0.1) is 12.8 Å². The van der Waals surface area contributed by atoms with Crippen molar-refractivity contribution in [1.29, 1.82) is 0 Å². The summed E-state index contributed by atoms with van der Waals surface area (Å²) in [7, 11) is 0. The lowest BCUT2D eigenvalue weighted by molar-refractivity contribution is -0.115. The lowest BCUT2D eigenvalue weighted by Gasteiger charge is -2.10. The van der Waals surface area contributed by atoms with Crippen LogP contribution in [0.1, 0.15) is 43.1 Å². The fourth-order valence-electron chi connectivity index (χ4n) is 2.56. The summed E-state index contributed by atoms with van der Waals surface area (Å²) in [6, 6.07) is 7.94. The summed E-state index contributed by atoms with van der Waals surface area (Å²) in [4.78, 5) is 24.8. The second-order valence-corrected chi connectivity index (χ2v) is 7.73. The Morgan fingerprint density at radius 1 is 1.19 bits per heavy atom. The summed E-state index contributed by atoms with van der Waals surface area (Å²) in [5, 5.41) is 8.40. The molecule has 0 aliphatic heterocycles. The Labute approximate surface area is 165 Å². The van der Waals surface area contributed by atoms with Crippen molar-refractivity contribution >= 4 is 28.2 Å². The van der Waals surface area contributed by atoms with Gasteiger partial charge in [-0.05, 0) is 38.3 Å². The number of rotatable bonds is 9. The zero-order chi connectivity index (χ0) is 19.8. The molecular weight excluding hydrogens is 360 g/mol. The minimum atomic E-state index is -0.419. The van der Waals surface area contributed by atoms with Crippen molar-refractivity contribution in [3.63, 3.8) is 0 Å². The zero-order valence-electron chi connectivity index (χ0n) is 16.4. The van der Waals surface area contributed by atoms with Crippen LogP contribution < -0.4 is 10.6 Å². The molecule has 2 aromatic rings. The predicted molar refractivity (Wildman–Crippen MR) is 111 cm³/mol. The first kappa shape index (κ1) is 21.1. The Balaban J connectivity index is 2.17. The lowest BCUT2D eigenvalue weighted by Crippen LogP contribution is -2.29. The van der Waals surface area contributed by atoms with E-state index in [0.717, 1.165) is 29.7 Å². The normalized spacial score (nSPS) is 10.9. The highest BCUT2D eigenvalue weighted by Crippen LogP contribution is 2.36. The molecule has 2 N–H and O–H groups in total. The molecule has 6 heteroatoms. The van der Waals surface area contributed by atoms with Crippen molar-refractivity contribution in [2.45, 2.75) is 34.1 Å². The molecule has 0 atom stereocenters. The van der Waals surface area contributed by atoms with Gasteiger partial charge in [-0.25, -0.2) is 4.79 Å². The first-order valence-corrected chi connectivity index (χ1v) is 10.2. The molecule has 0 aliphatic carbocycles. The molecule has 1 amide bonds. The van der Waals surface area contributed by atoms with Gasteiger partial charge in [0.15, 0.2) is 0 Å². The molecule has 1 heterocycles. The highest BCUT2D eigenvalue weighted by atomic mass is 32.1. The van der Waals surface area contributed by atoms with Crippen LogP contribution in [-0.2, 0) is 9.53 Å². The Kier molecular flexibility index (Phi) is 8.00. The molecule has 0 saturated heterocycles. The summed E-state index contributed by atoms with van der Waals surface area (Å²) >= 11 is 1.34. The largest absolute Gasteiger partial charge is 0.462 e. The number of hydrogen-bond donors (Lipinski definition) is 2. The smallest absolute Gasteiger partial charge is 0.341 e. The standard InChI is InChI=1S/C21H28N2O3S/c1-5-26-21(25)19-17(16-8-6-15(4)7-9-16)13-27-20(19)23-18(24)12-22-11-10-14(2)3/h6-9,13-14,22H,5,10-12H2,1-4H3,(H,23,24). The monoisotopic (exact) mass is 388 g/mol. The summed E-state index contributed by atoms with van der Waals surface area (Å²) in [6.07, 6.45) is 1.01. The van der Waals surface area contributed by atoms with E-state index in [2.05, 4.69) is 24.5 Å². The molecule has 146 valence electrons. The van der Waals surface area contributed by atoms with Crippen LogP contribution in [0.2, 0.25) is 0 Å². The van der Waals surface area contributed by atoms with Gasteiger partial charge in [0, 0.05) is 10.9 Å². The van der Waals surface area contributed by atoms with Crippen molar-refractivity contribution in [1.82, 2.24) is 5.32 Å². The predicted octanol–water partition coefficient (Wildman–Crippen LogP) is 4.47. The third kappa shape index (κ3) is 6.19. The molecule has 1 aromatic carbocycles. The Hall–Kier alpha value is -2.18. The molecule has 0 saturated carbocycles. The van der Waals surface area contributed by atoms with Gasteiger partial charge in [0.2, 0.25) is 5.91 Å². The van der Waals surface area contributed by atoms with E-state index in [9.17, 15) is 9.59 Å². The van der Waals surface area contributed by atoms with Crippen LogP contribution in [0.25, 0.3) is 11.1 Å². The van der Waals surface area contributed by atoms with E-state index < -0.39 is 5.97 Å². The van der Waals surface area contributed by atoms with Crippen molar-refractivity contribution < 1.29 is 14.3 Å². The first-order chi connectivity index (χ1) is 12.9. The van der Waals surface area contributed by atoms with Gasteiger partial charge in [-0.15, -0.1) is 11.3 Å². The number of ether oxygens (including phenoxy) is 1. The van der Waals surface area contributed by atoms with E-state index in [1.807, 2.05) is 36.6 Å². The van der Waals surface area contributed by atoms with E-state index >= 15 is 0 Å². The van der Waals surface area contributed by atoms with E-state index in [0.29, 0.717) is 16.5 Å². The number of anilines is 1. The van der Waals surface area contributed by atoms with Gasteiger partial charge in [-0.1, -0.05) is 43.7 Å². The van der Waals surface area contributed by atoms with Crippen LogP contribution in [0.3, 0.4) is 0 Å². The molecule has 0 radical (unpaired) electrons. The highest BCUT2D eigenvalue weighted by Gasteiger charge is 2.22. The van der Waals surface area contributed by atoms with Gasteiger partial charge in [-0.2, -0.15) is 0 Å². The lowest BCUT2D eigenvalue weighted by atomic mass is 10.0. The topological polar surface area (TPSA) is 67.4 Å². The number of amides is 1. The Morgan fingerprint density at radius 3 is 2.52 bits per heavy atom. The van der Waals surface area contributed by atoms with Crippen LogP contribution >= 0.6 is 11.3 Å². The van der Waals surface area contributed by atoms with Crippen molar-refractivity contribution in [3.8, 4) is 11.1 Å². The van der Waals surface area contributed by atoms with Crippen LogP contribution in [-0.4, -0.2) is 31.6 Å². The van der Waals surface area contributed by atoms with Gasteiger partial charge in [0.1, 0.15) is 10.6 Å². The first-order valence-electron chi connectivity index (χ1n) is 9.28. The molecule has 5 nitrogen and oxygen atoms in total. The van der Waals surface area contributed by atoms with Crippen molar-refractivity contribution in [2.75, 3.05) is 25.0 Å². The summed E-state index contributed by atoms with van der Waals surface area (Å²) < 4.78 is 5.22. The van der Waals surface area contributed by atoms with Gasteiger partial charge >= 0.3 is 5.97 Å². The fourth-order valence-corrected chi connectivity index (χ4v) is 3.54. The molecule has 27 heavy (non-hydrogen) atoms. The maximum absolute atomic E-state index is 12.5. The summed E-state index contributed by atoms with van der Waals surface area (Å²) in [5.41, 5.74) is 3.27. The quantitative estimate of drug-likeness (QED) is 0.491. The number of carbonyl (C=O) groups excluding carboxylic acids is 2. The van der Waals surface area contributed by atoms with Gasteiger partial charge < -0.3 is 15.4 Å². The highest BCUT2D eigenvalue weighted by molar-refractivity contribution is 7.15. The molecule has 0 fully saturated rings. The fraction of sp³-hybridized carbons (Fsp3) is 0.429. The number of esters is 1. The van der Waals surface area contributed by atoms with Crippen LogP contribution in [0.15, 0.2) is 29.6 Å². The third-order valence-corrected chi connectivity index (χ3v) is 4.97. The number of nitrogens with one attached hydrogen (secondary N) is 2. The van der Waals surface area contributed by atoms with E-state index in [1.165, 1.54) is 11.3 Å². The average Bonchev–Trinajstić information content (AvgIpc) is 3.03. The molecule has 0 spiro atoms. The minimum absolute atomic E-state index is 0.165. The maximum atomic E-state index is 12.5. The van der Waals surface area contributed by atoms with Crippen molar-refractivity contribution in [3.05, 3.63) is 40.8 Å². The van der Waals surface area contributed by atoms with Gasteiger partial charge in [-0.3, -0.25) is 4.79 Å². The Bertz CT molecular complexity index is 766. The second kappa shape index (κ2) is 10.2. The van der Waals surface area contributed by atoms with Gasteiger partial charge in [0.05, 0.1) is 13.2 Å². The van der Waals surface area contributed by atoms with Crippen LogP contribution in [0.5, 0.6) is 0 Å². The van der Waals surface area contributed by atoms with E-state index in [4.69, 9.17) is 4.74 Å². The SMILES string of the molecule is CCOC(=O)c1c(-c2ccc(C)cc2)csc1NC(=O)CNCCC(C)C. The number of aryl methyl sites for hydroxylation is 1. The van der Waals surface area contributed by atoms with Crippen molar-refractivity contribution in [2.24, 2.45) is 5.92 Å². The second-order valence-electron chi connectivity index (χ2n) is 6.85. The molecule has 0 aliphatic rings. The summed E-state index contributed by atoms with van der Waals surface area (Å²) in [5.74, 6) is 0.00402. The number of carbonyl (C=O) groups is 2. The third-order valence-electron chi connectivity index (χ3n) is 4.07. The number of hydrogen-bond acceptors (Lipinski definition) is 5. The number of benzene rings is 1. The van der Waals surface area contributed by atoms with E-state index in [1.54, 1.807) is 6.92 Å². The molecule has 2 rings (SSSR count). The summed E-state index contributed by atoms with van der Waals surface area (Å²) in [6.45, 7) is 9.36. The average molecular weight is 389 g/mol. The maximum Gasteiger partial charge on any atom is 0.341 e.